The number of cyclic esters (lactones) is 1. The lowest BCUT2D eigenvalue weighted by atomic mass is 9.78. The number of piperidine rings is 1. The maximum atomic E-state index is 14.4. The van der Waals surface area contributed by atoms with E-state index in [2.05, 4.69) is 0 Å². The Morgan fingerprint density at radius 1 is 0.846 bits per heavy atom. The predicted octanol–water partition coefficient (Wildman–Crippen LogP) is 6.18. The molecule has 1 saturated carbocycles. The van der Waals surface area contributed by atoms with Crippen LogP contribution >= 0.6 is 0 Å². The standard InChI is InChI=1S/C51H79NO13/c1-30-16-12-11-13-17-31(2)42(61-8)28-38-21-19-36(7)51(60,65-38)48(57)49(58)52-23-15-14-18-39(52)50(59)64-43(33(4)26-37-20-22-40(53)44(27-37)62-9)29-41(54)32(3)25-35(6)46(56)47(63-10)45(55)34(5)24-30/h11-13,16-17,25,30,32-34,36-40,42-44,46-47,53,56,60H,14-15,18-24,26-29H2,1-10H3/b13-11+,16-12+,31-17+,35-25+/t30-,32-,33?,34-,36?,37?,38?,39+,40-,42+,43+,44?,46-,47?,51?/m1/s1. The van der Waals surface area contributed by atoms with Crippen molar-refractivity contribution in [1.29, 1.82) is 0 Å². The van der Waals surface area contributed by atoms with Crippen LogP contribution in [0.3, 0.4) is 0 Å². The van der Waals surface area contributed by atoms with Crippen molar-refractivity contribution in [2.75, 3.05) is 27.9 Å². The van der Waals surface area contributed by atoms with Crippen molar-refractivity contribution >= 4 is 29.2 Å². The van der Waals surface area contributed by atoms with Crippen LogP contribution in [0.4, 0.5) is 0 Å². The van der Waals surface area contributed by atoms with Crippen molar-refractivity contribution in [2.24, 2.45) is 35.5 Å². The molecule has 1 amide bonds. The highest BCUT2D eigenvalue weighted by Gasteiger charge is 2.53. The quantitative estimate of drug-likeness (QED) is 0.156. The molecule has 0 radical (unpaired) electrons. The van der Waals surface area contributed by atoms with E-state index in [9.17, 15) is 39.3 Å². The summed E-state index contributed by atoms with van der Waals surface area (Å²) in [7, 11) is 4.52. The third kappa shape index (κ3) is 14.3. The fourth-order valence-corrected chi connectivity index (χ4v) is 10.1. The Bertz CT molecular complexity index is 1760. The van der Waals surface area contributed by atoms with Gasteiger partial charge in [-0.1, -0.05) is 71.1 Å². The van der Waals surface area contributed by atoms with Gasteiger partial charge < -0.3 is 43.9 Å². The van der Waals surface area contributed by atoms with Crippen molar-refractivity contribution in [3.63, 3.8) is 0 Å². The zero-order chi connectivity index (χ0) is 48.2. The summed E-state index contributed by atoms with van der Waals surface area (Å²) in [4.78, 5) is 71.8. The molecule has 1 aliphatic carbocycles. The van der Waals surface area contributed by atoms with Gasteiger partial charge in [-0.3, -0.25) is 19.2 Å². The number of hydrogen-bond acceptors (Lipinski definition) is 13. The minimum atomic E-state index is -2.43. The van der Waals surface area contributed by atoms with Crippen LogP contribution in [0.15, 0.2) is 47.6 Å². The van der Waals surface area contributed by atoms with Crippen LogP contribution in [0.1, 0.15) is 126 Å². The van der Waals surface area contributed by atoms with Crippen LogP contribution < -0.4 is 0 Å². The molecular weight excluding hydrogens is 835 g/mol. The van der Waals surface area contributed by atoms with Crippen LogP contribution in [0.2, 0.25) is 0 Å². The summed E-state index contributed by atoms with van der Waals surface area (Å²) < 4.78 is 29.4. The SMILES string of the molecule is COC1CC(CC(C)[C@@H]2CC(=O)[C@H](C)/C=C(\C)[C@@H](O)C(OC)C(=O)[C@H](C)C[C@H](C)/C=C/C=C/C=C(\C)[C@@H](OC)CC3CCC(C)C(O)(O3)C(=O)C(=O)N3CCCC[C@H]3C(=O)O2)CC[C@H]1O. The first-order valence-electron chi connectivity index (χ1n) is 23.9. The van der Waals surface area contributed by atoms with Gasteiger partial charge in [0.2, 0.25) is 5.79 Å². The molecule has 14 nitrogen and oxygen atoms in total. The summed E-state index contributed by atoms with van der Waals surface area (Å²) in [6.45, 7) is 12.7. The van der Waals surface area contributed by atoms with Crippen LogP contribution in [-0.4, -0.2) is 132 Å². The molecule has 0 aromatic rings. The second-order valence-electron chi connectivity index (χ2n) is 19.6. The number of amides is 1. The number of aliphatic hydroxyl groups is 3. The highest BCUT2D eigenvalue weighted by Crippen LogP contribution is 2.38. The number of carbonyl (C=O) groups excluding carboxylic acids is 5. The van der Waals surface area contributed by atoms with E-state index >= 15 is 0 Å². The Morgan fingerprint density at radius 3 is 2.25 bits per heavy atom. The average molecular weight is 914 g/mol. The van der Waals surface area contributed by atoms with E-state index in [1.54, 1.807) is 41.1 Å². The van der Waals surface area contributed by atoms with E-state index in [1.807, 2.05) is 58.1 Å². The second kappa shape index (κ2) is 25.1. The number of Topliss-reactive ketones (excluding diaryl/α,β-unsaturated/α-hetero) is 3. The van der Waals surface area contributed by atoms with Crippen molar-refractivity contribution < 1.29 is 63.0 Å². The lowest BCUT2D eigenvalue weighted by molar-refractivity contribution is -0.265. The van der Waals surface area contributed by atoms with Crippen LogP contribution in [-0.2, 0) is 47.7 Å². The molecule has 15 atom stereocenters. The van der Waals surface area contributed by atoms with Crippen LogP contribution in [0.5, 0.6) is 0 Å². The van der Waals surface area contributed by atoms with Crippen molar-refractivity contribution in [3.05, 3.63) is 47.6 Å². The van der Waals surface area contributed by atoms with Crippen LogP contribution in [0, 0.1) is 35.5 Å². The molecule has 0 aromatic carbocycles. The van der Waals surface area contributed by atoms with Gasteiger partial charge in [0, 0.05) is 58.5 Å². The minimum Gasteiger partial charge on any atom is -0.460 e. The summed E-state index contributed by atoms with van der Waals surface area (Å²) in [5.41, 5.74) is 1.27. The normalized spacial score (nSPS) is 40.4. The maximum absolute atomic E-state index is 14.4. The Morgan fingerprint density at radius 2 is 1.57 bits per heavy atom. The minimum absolute atomic E-state index is 0.0193. The number of methoxy groups -OCH3 is 3. The summed E-state index contributed by atoms with van der Waals surface area (Å²) in [5, 5.41) is 33.8. The first kappa shape index (κ1) is 54.2. The van der Waals surface area contributed by atoms with Crippen molar-refractivity contribution in [2.45, 2.75) is 180 Å². The number of rotatable bonds is 6. The summed E-state index contributed by atoms with van der Waals surface area (Å²) in [5.74, 6) is -7.96. The monoisotopic (exact) mass is 914 g/mol. The predicted molar refractivity (Wildman–Crippen MR) is 245 cm³/mol. The van der Waals surface area contributed by atoms with Gasteiger partial charge in [-0.25, -0.2) is 4.79 Å². The number of carbonyl (C=O) groups is 5. The van der Waals surface area contributed by atoms with Crippen molar-refractivity contribution in [3.8, 4) is 0 Å². The molecule has 14 heteroatoms. The molecule has 3 aliphatic heterocycles. The van der Waals surface area contributed by atoms with Gasteiger partial charge in [0.05, 0.1) is 24.4 Å². The Labute approximate surface area is 387 Å². The Balaban J connectivity index is 1.70. The smallest absolute Gasteiger partial charge is 0.329 e. The van der Waals surface area contributed by atoms with E-state index < -0.39 is 83.9 Å². The number of ether oxygens (including phenoxy) is 5. The number of nitrogens with zero attached hydrogens (tertiary/aromatic N) is 1. The molecule has 0 aromatic heterocycles. The molecule has 2 bridgehead atoms. The second-order valence-corrected chi connectivity index (χ2v) is 19.6. The first-order chi connectivity index (χ1) is 30.7. The van der Waals surface area contributed by atoms with Crippen molar-refractivity contribution in [1.82, 2.24) is 4.90 Å². The molecule has 65 heavy (non-hydrogen) atoms. The van der Waals surface area contributed by atoms with Gasteiger partial charge in [0.1, 0.15) is 30.1 Å². The summed E-state index contributed by atoms with van der Waals surface area (Å²) in [6, 6.07) is -1.14. The van der Waals surface area contributed by atoms with E-state index in [0.717, 1.165) is 12.0 Å². The maximum Gasteiger partial charge on any atom is 0.329 e. The first-order valence-corrected chi connectivity index (χ1v) is 23.9. The van der Waals surface area contributed by atoms with E-state index in [0.29, 0.717) is 63.4 Å². The fraction of sp³-hybridized carbons (Fsp3) is 0.745. The van der Waals surface area contributed by atoms with E-state index in [4.69, 9.17) is 23.7 Å². The molecule has 3 fully saturated rings. The number of allylic oxidation sites excluding steroid dienone is 6. The van der Waals surface area contributed by atoms with Gasteiger partial charge in [0.15, 0.2) is 5.78 Å². The lowest BCUT2D eigenvalue weighted by Gasteiger charge is -2.42. The highest BCUT2D eigenvalue weighted by molar-refractivity contribution is 6.39. The van der Waals surface area contributed by atoms with Gasteiger partial charge in [-0.15, -0.1) is 0 Å². The lowest BCUT2D eigenvalue weighted by Crippen LogP contribution is -2.61. The molecule has 4 aliphatic rings. The average Bonchev–Trinajstić information content (AvgIpc) is 3.28. The van der Waals surface area contributed by atoms with E-state index in [-0.39, 0.29) is 54.8 Å². The number of ketones is 3. The summed E-state index contributed by atoms with van der Waals surface area (Å²) >= 11 is 0. The number of fused-ring (bicyclic) bond motifs is 3. The zero-order valence-electron chi connectivity index (χ0n) is 40.6. The largest absolute Gasteiger partial charge is 0.460 e. The zero-order valence-corrected chi connectivity index (χ0v) is 40.6. The molecule has 2 saturated heterocycles. The molecule has 7 unspecified atom stereocenters. The Hall–Kier alpha value is -3.37. The fourth-order valence-electron chi connectivity index (χ4n) is 10.1. The highest BCUT2D eigenvalue weighted by atomic mass is 16.6. The molecule has 3 heterocycles. The Kier molecular flexibility index (Phi) is 21.0. The van der Waals surface area contributed by atoms with Gasteiger partial charge >= 0.3 is 5.97 Å². The van der Waals surface area contributed by atoms with Crippen LogP contribution in [0.25, 0.3) is 0 Å². The van der Waals surface area contributed by atoms with Gasteiger partial charge in [0.25, 0.3) is 11.7 Å². The number of aliphatic hydroxyl groups excluding tert-OH is 2. The molecule has 4 rings (SSSR count). The third-order valence-corrected chi connectivity index (χ3v) is 14.5. The molecule has 3 N–H and O–H groups in total. The molecular formula is C51H79NO13. The van der Waals surface area contributed by atoms with Gasteiger partial charge in [-0.05, 0) is 107 Å². The number of hydrogen-bond donors (Lipinski definition) is 3. The van der Waals surface area contributed by atoms with Gasteiger partial charge in [-0.2, -0.15) is 0 Å². The van der Waals surface area contributed by atoms with E-state index in [1.165, 1.54) is 12.0 Å². The topological polar surface area (TPSA) is 195 Å². The summed E-state index contributed by atoms with van der Waals surface area (Å²) in [6.07, 6.45) is 11.2. The number of esters is 1. The third-order valence-electron chi connectivity index (χ3n) is 14.5. The molecule has 0 spiro atoms. The molecule has 366 valence electrons.